The molecule has 0 bridgehead atoms. The van der Waals surface area contributed by atoms with E-state index in [1.165, 1.54) is 5.57 Å². The Morgan fingerprint density at radius 1 is 1.43 bits per heavy atom. The molecule has 4 heteroatoms. The monoisotopic (exact) mass is 230 g/mol. The van der Waals surface area contributed by atoms with Crippen LogP contribution in [0.2, 0.25) is 0 Å². The van der Waals surface area contributed by atoms with Gasteiger partial charge in [0, 0.05) is 0 Å². The van der Waals surface area contributed by atoms with E-state index >= 15 is 0 Å². The summed E-state index contributed by atoms with van der Waals surface area (Å²) in [6.07, 6.45) is 3.75. The van der Waals surface area contributed by atoms with E-state index in [-0.39, 0.29) is 42.9 Å². The van der Waals surface area contributed by atoms with Crippen LogP contribution in [0.4, 0.5) is 0 Å². The zero-order chi connectivity index (χ0) is 8.48. The van der Waals surface area contributed by atoms with E-state index in [1.54, 1.807) is 13.4 Å². The number of ether oxygens (including phenoxy) is 1. The molecule has 14 heavy (non-hydrogen) atoms. The maximum Gasteiger partial charge on any atom is 2.00 e. The van der Waals surface area contributed by atoms with Crippen molar-refractivity contribution in [2.75, 3.05) is 7.11 Å². The van der Waals surface area contributed by atoms with Gasteiger partial charge in [-0.2, -0.15) is 0 Å². The number of rotatable bonds is 2. The summed E-state index contributed by atoms with van der Waals surface area (Å²) in [5.74, 6) is 0.420. The molecular formula is C10H19ClMgO2. The molecule has 0 amide bonds. The molecule has 0 saturated heterocycles. The van der Waals surface area contributed by atoms with Crippen molar-refractivity contribution in [1.82, 2.24) is 0 Å². The predicted octanol–water partition coefficient (Wildman–Crippen LogP) is -1.23. The first-order valence-electron chi connectivity index (χ1n) is 3.97. The third kappa shape index (κ3) is 5.44. The molecule has 1 saturated carbocycles. The molecule has 0 radical (unpaired) electrons. The fourth-order valence-corrected chi connectivity index (χ4v) is 1.34. The van der Waals surface area contributed by atoms with Crippen molar-refractivity contribution in [1.29, 1.82) is 0 Å². The normalized spacial score (nSPS) is 19.1. The van der Waals surface area contributed by atoms with Gasteiger partial charge in [0.2, 0.25) is 0 Å². The summed E-state index contributed by atoms with van der Waals surface area (Å²) in [7, 11) is 1.66. The molecule has 1 N–H and O–H groups in total. The SMILES string of the molecule is COC=C1CC(C(C)(C)O)C1.[CH3-].[Cl-].[Mg+2]. The van der Waals surface area contributed by atoms with Gasteiger partial charge in [-0.05, 0) is 38.2 Å². The van der Waals surface area contributed by atoms with Gasteiger partial charge in [-0.1, -0.05) is 0 Å². The molecule has 1 fully saturated rings. The van der Waals surface area contributed by atoms with E-state index in [4.69, 9.17) is 4.74 Å². The smallest absolute Gasteiger partial charge is 1.00 e. The fourth-order valence-electron chi connectivity index (χ4n) is 1.34. The molecule has 0 aliphatic heterocycles. The third-order valence-corrected chi connectivity index (χ3v) is 2.30. The first kappa shape index (κ1) is 20.0. The Labute approximate surface area is 110 Å². The summed E-state index contributed by atoms with van der Waals surface area (Å²) >= 11 is 0. The van der Waals surface area contributed by atoms with Crippen LogP contribution in [-0.2, 0) is 4.74 Å². The van der Waals surface area contributed by atoms with Gasteiger partial charge in [-0.25, -0.2) is 0 Å². The van der Waals surface area contributed by atoms with E-state index in [9.17, 15) is 5.11 Å². The average Bonchev–Trinajstić information content (AvgIpc) is 1.74. The van der Waals surface area contributed by atoms with E-state index < -0.39 is 5.60 Å². The second-order valence-corrected chi connectivity index (χ2v) is 3.77. The summed E-state index contributed by atoms with van der Waals surface area (Å²) in [4.78, 5) is 0. The fraction of sp³-hybridized carbons (Fsp3) is 0.700. The Bertz CT molecular complexity index is 167. The predicted molar refractivity (Wildman–Crippen MR) is 56.3 cm³/mol. The number of halogens is 1. The second-order valence-electron chi connectivity index (χ2n) is 3.77. The van der Waals surface area contributed by atoms with Crippen molar-refractivity contribution >= 4 is 23.1 Å². The quantitative estimate of drug-likeness (QED) is 0.366. The molecule has 1 rings (SSSR count). The van der Waals surface area contributed by atoms with Crippen LogP contribution in [0.15, 0.2) is 11.8 Å². The Balaban J connectivity index is -0.000000403. The van der Waals surface area contributed by atoms with Gasteiger partial charge >= 0.3 is 23.1 Å². The van der Waals surface area contributed by atoms with Crippen LogP contribution in [0, 0.1) is 13.3 Å². The largest absolute Gasteiger partial charge is 2.00 e. The first-order valence-corrected chi connectivity index (χ1v) is 3.97. The standard InChI is InChI=1S/C9H16O2.CH3.ClH.Mg/c1-9(2,10)8-4-7(5-8)6-11-3;;;/h6,8,10H,4-5H2,1-3H3;1H3;1H;/q;-1;;+2/p-1. The maximum atomic E-state index is 9.56. The molecule has 0 aromatic carbocycles. The minimum Gasteiger partial charge on any atom is -1.00 e. The molecule has 1 aliphatic rings. The Hall–Kier alpha value is 0.556. The molecule has 0 atom stereocenters. The molecule has 0 unspecified atom stereocenters. The van der Waals surface area contributed by atoms with E-state index in [0.717, 1.165) is 12.8 Å². The van der Waals surface area contributed by atoms with Crippen molar-refractivity contribution in [3.63, 3.8) is 0 Å². The van der Waals surface area contributed by atoms with Gasteiger partial charge in [0.25, 0.3) is 0 Å². The topological polar surface area (TPSA) is 29.5 Å². The molecule has 0 heterocycles. The summed E-state index contributed by atoms with van der Waals surface area (Å²) in [6, 6.07) is 0. The van der Waals surface area contributed by atoms with Crippen LogP contribution in [0.3, 0.4) is 0 Å². The van der Waals surface area contributed by atoms with Gasteiger partial charge < -0.3 is 29.7 Å². The third-order valence-electron chi connectivity index (χ3n) is 2.30. The number of methoxy groups -OCH3 is 1. The van der Waals surface area contributed by atoms with Crippen LogP contribution in [0.1, 0.15) is 26.7 Å². The molecule has 0 aromatic rings. The summed E-state index contributed by atoms with van der Waals surface area (Å²) < 4.78 is 4.86. The van der Waals surface area contributed by atoms with Gasteiger partial charge in [0.15, 0.2) is 0 Å². The number of hydrogen-bond donors (Lipinski definition) is 1. The van der Waals surface area contributed by atoms with Crippen LogP contribution < -0.4 is 12.4 Å². The van der Waals surface area contributed by atoms with E-state index in [1.807, 2.05) is 13.8 Å². The van der Waals surface area contributed by atoms with Gasteiger partial charge in [0.1, 0.15) is 0 Å². The molecule has 0 spiro atoms. The average molecular weight is 231 g/mol. The maximum absolute atomic E-state index is 9.56. The number of hydrogen-bond acceptors (Lipinski definition) is 2. The van der Waals surface area contributed by atoms with Crippen molar-refractivity contribution in [3.05, 3.63) is 19.3 Å². The van der Waals surface area contributed by atoms with Crippen LogP contribution >= 0.6 is 0 Å². The second kappa shape index (κ2) is 7.80. The summed E-state index contributed by atoms with van der Waals surface area (Å²) in [5, 5.41) is 9.56. The molecule has 80 valence electrons. The Morgan fingerprint density at radius 3 is 2.14 bits per heavy atom. The minimum atomic E-state index is -0.523. The molecule has 0 aromatic heterocycles. The number of aliphatic hydroxyl groups is 1. The van der Waals surface area contributed by atoms with E-state index in [0.29, 0.717) is 5.92 Å². The number of allylic oxidation sites excluding steroid dienone is 1. The zero-order valence-corrected chi connectivity index (χ0v) is 11.7. The minimum absolute atomic E-state index is 0. The van der Waals surface area contributed by atoms with Gasteiger partial charge in [-0.15, -0.1) is 0 Å². The van der Waals surface area contributed by atoms with Crippen LogP contribution in [-0.4, -0.2) is 40.9 Å². The summed E-state index contributed by atoms with van der Waals surface area (Å²) in [6.45, 7) is 3.72. The molecular weight excluding hydrogens is 212 g/mol. The van der Waals surface area contributed by atoms with Gasteiger partial charge in [0.05, 0.1) is 19.0 Å². The Kier molecular flexibility index (Phi) is 11.2. The van der Waals surface area contributed by atoms with Gasteiger partial charge in [-0.3, -0.25) is 0 Å². The van der Waals surface area contributed by atoms with Crippen molar-refractivity contribution in [3.8, 4) is 0 Å². The zero-order valence-electron chi connectivity index (χ0n) is 9.51. The first-order chi connectivity index (χ1) is 5.04. The van der Waals surface area contributed by atoms with Crippen molar-refractivity contribution in [2.24, 2.45) is 5.92 Å². The summed E-state index contributed by atoms with van der Waals surface area (Å²) in [5.41, 5.74) is 0.782. The Morgan fingerprint density at radius 2 is 1.86 bits per heavy atom. The van der Waals surface area contributed by atoms with Crippen LogP contribution in [0.25, 0.3) is 0 Å². The van der Waals surface area contributed by atoms with Crippen molar-refractivity contribution in [2.45, 2.75) is 32.3 Å². The van der Waals surface area contributed by atoms with Crippen molar-refractivity contribution < 1.29 is 22.3 Å². The molecule has 2 nitrogen and oxygen atoms in total. The van der Waals surface area contributed by atoms with Crippen LogP contribution in [0.5, 0.6) is 0 Å². The molecule has 1 aliphatic carbocycles. The van der Waals surface area contributed by atoms with E-state index in [2.05, 4.69) is 0 Å².